The van der Waals surface area contributed by atoms with E-state index >= 15 is 0 Å². The molecule has 1 aromatic carbocycles. The van der Waals surface area contributed by atoms with Crippen molar-refractivity contribution < 1.29 is 9.47 Å². The zero-order valence-corrected chi connectivity index (χ0v) is 19.4. The highest BCUT2D eigenvalue weighted by Gasteiger charge is 2.54. The van der Waals surface area contributed by atoms with E-state index < -0.39 is 11.3 Å². The fourth-order valence-electron chi connectivity index (χ4n) is 4.49. The summed E-state index contributed by atoms with van der Waals surface area (Å²) in [5.41, 5.74) is 6.45. The lowest BCUT2D eigenvalue weighted by atomic mass is 9.58. The summed E-state index contributed by atoms with van der Waals surface area (Å²) in [5, 5.41) is 30.2. The average molecular weight is 482 g/mol. The highest BCUT2D eigenvalue weighted by Crippen LogP contribution is 2.56. The molecule has 2 atom stereocenters. The molecule has 0 fully saturated rings. The van der Waals surface area contributed by atoms with Crippen molar-refractivity contribution in [3.05, 3.63) is 45.1 Å². The van der Waals surface area contributed by atoms with Gasteiger partial charge in [-0.05, 0) is 44.2 Å². The van der Waals surface area contributed by atoms with Crippen molar-refractivity contribution in [1.29, 1.82) is 15.8 Å². The van der Waals surface area contributed by atoms with Crippen LogP contribution < -0.4 is 15.2 Å². The van der Waals surface area contributed by atoms with Gasteiger partial charge in [-0.2, -0.15) is 15.8 Å². The predicted molar refractivity (Wildman–Crippen MR) is 119 cm³/mol. The van der Waals surface area contributed by atoms with Crippen LogP contribution in [0.15, 0.2) is 39.5 Å². The van der Waals surface area contributed by atoms with Gasteiger partial charge in [0.25, 0.3) is 0 Å². The first kappa shape index (κ1) is 22.7. The molecule has 8 heteroatoms. The Morgan fingerprint density at radius 1 is 1.16 bits per heavy atom. The Hall–Kier alpha value is -2.99. The maximum Gasteiger partial charge on any atom is 0.191 e. The van der Waals surface area contributed by atoms with Gasteiger partial charge in [-0.25, -0.2) is 0 Å². The Bertz CT molecular complexity index is 1060. The van der Waals surface area contributed by atoms with Gasteiger partial charge in [0.1, 0.15) is 6.07 Å². The van der Waals surface area contributed by atoms with Crippen molar-refractivity contribution in [2.24, 2.45) is 17.1 Å². The smallest absolute Gasteiger partial charge is 0.191 e. The second-order valence-electron chi connectivity index (χ2n) is 7.58. The molecule has 7 nitrogen and oxygen atoms in total. The van der Waals surface area contributed by atoms with Crippen molar-refractivity contribution in [1.82, 2.24) is 4.90 Å². The maximum atomic E-state index is 10.2. The number of rotatable bonds is 5. The van der Waals surface area contributed by atoms with E-state index in [1.54, 1.807) is 6.07 Å². The van der Waals surface area contributed by atoms with Gasteiger partial charge in [0.05, 0.1) is 36.6 Å². The minimum atomic E-state index is -1.69. The Morgan fingerprint density at radius 2 is 1.77 bits per heavy atom. The molecule has 0 spiro atoms. The molecule has 1 heterocycles. The van der Waals surface area contributed by atoms with E-state index in [0.717, 1.165) is 11.1 Å². The molecule has 1 aliphatic heterocycles. The van der Waals surface area contributed by atoms with Gasteiger partial charge < -0.3 is 20.1 Å². The van der Waals surface area contributed by atoms with Gasteiger partial charge >= 0.3 is 0 Å². The van der Waals surface area contributed by atoms with E-state index in [0.29, 0.717) is 42.3 Å². The first-order valence-electron chi connectivity index (χ1n) is 10.1. The van der Waals surface area contributed by atoms with E-state index in [-0.39, 0.29) is 17.2 Å². The third-order valence-electron chi connectivity index (χ3n) is 5.84. The number of hydrogen-bond acceptors (Lipinski definition) is 7. The zero-order chi connectivity index (χ0) is 22.8. The van der Waals surface area contributed by atoms with Crippen LogP contribution in [-0.4, -0.2) is 38.3 Å². The number of ether oxygens (including phenoxy) is 2. The number of nitrogens with two attached hydrogens (primary N) is 1. The highest BCUT2D eigenvalue weighted by atomic mass is 79.9. The summed E-state index contributed by atoms with van der Waals surface area (Å²) in [4.78, 5) is 2.10. The molecular weight excluding hydrogens is 458 g/mol. The fraction of sp³-hybridized carbons (Fsp3) is 0.435. The molecule has 0 unspecified atom stereocenters. The molecule has 31 heavy (non-hydrogen) atoms. The van der Waals surface area contributed by atoms with Gasteiger partial charge in [0, 0.05) is 29.4 Å². The molecule has 0 aromatic heterocycles. The van der Waals surface area contributed by atoms with Gasteiger partial charge in [-0.1, -0.05) is 22.0 Å². The maximum absolute atomic E-state index is 10.2. The molecule has 3 rings (SSSR count). The first-order valence-corrected chi connectivity index (χ1v) is 10.9. The van der Waals surface area contributed by atoms with Crippen LogP contribution in [0.25, 0.3) is 0 Å². The fourth-order valence-corrected chi connectivity index (χ4v) is 5.06. The number of benzene rings is 1. The van der Waals surface area contributed by atoms with Crippen molar-refractivity contribution in [3.8, 4) is 29.7 Å². The van der Waals surface area contributed by atoms with E-state index in [1.807, 2.05) is 33.0 Å². The molecule has 0 radical (unpaired) electrons. The standard InChI is InChI=1S/C23H24BrN5O2/c1-4-30-19-8-15(18(24)9-20(19)31-5-2)21-17-11-29(3)7-6-14(17)16(10-25)22(28)23(21,12-26)13-27/h6,8-9,17,21H,4-5,7,11,28H2,1-3H3/t17-,21+/m0/s1. The summed E-state index contributed by atoms with van der Waals surface area (Å²) in [6.45, 7) is 5.92. The lowest BCUT2D eigenvalue weighted by Crippen LogP contribution is -2.47. The van der Waals surface area contributed by atoms with Crippen LogP contribution in [0.3, 0.4) is 0 Å². The third-order valence-corrected chi connectivity index (χ3v) is 6.53. The minimum Gasteiger partial charge on any atom is -0.490 e. The molecule has 0 bridgehead atoms. The van der Waals surface area contributed by atoms with E-state index in [9.17, 15) is 15.8 Å². The summed E-state index contributed by atoms with van der Waals surface area (Å²) in [5.74, 6) is 0.255. The first-order chi connectivity index (χ1) is 14.9. The Balaban J connectivity index is 2.34. The summed E-state index contributed by atoms with van der Waals surface area (Å²) in [6, 6.07) is 10.1. The Morgan fingerprint density at radius 3 is 2.32 bits per heavy atom. The molecule has 1 aliphatic carbocycles. The molecule has 160 valence electrons. The molecule has 0 saturated carbocycles. The monoisotopic (exact) mass is 481 g/mol. The normalized spacial score (nSPS) is 22.4. The molecule has 0 saturated heterocycles. The highest BCUT2D eigenvalue weighted by molar-refractivity contribution is 9.10. The molecule has 0 amide bonds. The SMILES string of the molecule is CCOc1cc(Br)c([C@@H]2[C@H]3CN(C)CC=C3C(C#N)=C(N)C2(C#N)C#N)cc1OCC. The van der Waals surface area contributed by atoms with Gasteiger partial charge in [-0.15, -0.1) is 0 Å². The average Bonchev–Trinajstić information content (AvgIpc) is 2.76. The van der Waals surface area contributed by atoms with Crippen LogP contribution in [0.4, 0.5) is 0 Å². The Kier molecular flexibility index (Phi) is 6.60. The summed E-state index contributed by atoms with van der Waals surface area (Å²) < 4.78 is 12.2. The zero-order valence-electron chi connectivity index (χ0n) is 17.8. The van der Waals surface area contributed by atoms with Gasteiger partial charge in [0.15, 0.2) is 16.9 Å². The topological polar surface area (TPSA) is 119 Å². The van der Waals surface area contributed by atoms with Crippen molar-refractivity contribution in [3.63, 3.8) is 0 Å². The quantitative estimate of drug-likeness (QED) is 0.681. The van der Waals surface area contributed by atoms with Crippen LogP contribution in [0.1, 0.15) is 25.3 Å². The summed E-state index contributed by atoms with van der Waals surface area (Å²) >= 11 is 3.62. The van der Waals surface area contributed by atoms with E-state index in [4.69, 9.17) is 15.2 Å². The van der Waals surface area contributed by atoms with Crippen LogP contribution in [0, 0.1) is 45.3 Å². The van der Waals surface area contributed by atoms with Crippen molar-refractivity contribution in [2.75, 3.05) is 33.4 Å². The summed E-state index contributed by atoms with van der Waals surface area (Å²) in [6.07, 6.45) is 1.97. The van der Waals surface area contributed by atoms with Gasteiger partial charge in [0.2, 0.25) is 0 Å². The lowest BCUT2D eigenvalue weighted by molar-refractivity contribution is 0.236. The second-order valence-corrected chi connectivity index (χ2v) is 8.44. The van der Waals surface area contributed by atoms with Crippen LogP contribution in [0.5, 0.6) is 11.5 Å². The van der Waals surface area contributed by atoms with Crippen LogP contribution >= 0.6 is 15.9 Å². The van der Waals surface area contributed by atoms with Gasteiger partial charge in [-0.3, -0.25) is 0 Å². The van der Waals surface area contributed by atoms with Crippen molar-refractivity contribution in [2.45, 2.75) is 19.8 Å². The molecular formula is C23H24BrN5O2. The largest absolute Gasteiger partial charge is 0.490 e. The predicted octanol–water partition coefficient (Wildman–Crippen LogP) is 3.60. The number of fused-ring (bicyclic) bond motifs is 1. The number of halogens is 1. The number of hydrogen-bond donors (Lipinski definition) is 1. The number of nitriles is 3. The molecule has 2 aliphatic rings. The molecule has 1 aromatic rings. The lowest BCUT2D eigenvalue weighted by Gasteiger charge is -2.45. The Labute approximate surface area is 191 Å². The van der Waals surface area contributed by atoms with E-state index in [1.165, 1.54) is 0 Å². The minimum absolute atomic E-state index is 0.01000. The summed E-state index contributed by atoms with van der Waals surface area (Å²) in [7, 11) is 1.97. The third kappa shape index (κ3) is 3.65. The number of nitrogens with zero attached hydrogens (tertiary/aromatic N) is 4. The van der Waals surface area contributed by atoms with E-state index in [2.05, 4.69) is 39.0 Å². The number of allylic oxidation sites excluding steroid dienone is 2. The van der Waals surface area contributed by atoms with Crippen molar-refractivity contribution >= 4 is 15.9 Å². The van der Waals surface area contributed by atoms with Crippen LogP contribution in [0.2, 0.25) is 0 Å². The van der Waals surface area contributed by atoms with Crippen LogP contribution in [-0.2, 0) is 0 Å². The number of likely N-dealkylation sites (N-methyl/N-ethyl adjacent to an activating group) is 1. The molecule has 2 N–H and O–H groups in total. The second kappa shape index (κ2) is 9.02.